The first kappa shape index (κ1) is 25.2. The lowest BCUT2D eigenvalue weighted by atomic mass is 9.99. The van der Waals surface area contributed by atoms with Crippen molar-refractivity contribution in [3.63, 3.8) is 0 Å². The maximum absolute atomic E-state index is 13.1. The number of aliphatic hydroxyl groups is 1. The quantitative estimate of drug-likeness (QED) is 0.244. The Kier molecular flexibility index (Phi) is 9.27. The van der Waals surface area contributed by atoms with Crippen molar-refractivity contribution < 1.29 is 14.7 Å². The number of unbranched alkanes of at least 4 members (excludes halogenated alkanes) is 2. The van der Waals surface area contributed by atoms with E-state index in [1.54, 1.807) is 17.0 Å². The summed E-state index contributed by atoms with van der Waals surface area (Å²) >= 11 is 1.51. The second kappa shape index (κ2) is 12.1. The van der Waals surface area contributed by atoms with Gasteiger partial charge in [0.1, 0.15) is 5.76 Å². The maximum atomic E-state index is 13.1. The van der Waals surface area contributed by atoms with Gasteiger partial charge in [0.25, 0.3) is 11.7 Å². The van der Waals surface area contributed by atoms with Crippen molar-refractivity contribution in [3.05, 3.63) is 63.4 Å². The first-order valence-electron chi connectivity index (χ1n) is 12.1. The Labute approximate surface area is 201 Å². The van der Waals surface area contributed by atoms with Crippen LogP contribution in [-0.2, 0) is 9.59 Å². The molecule has 1 atom stereocenters. The van der Waals surface area contributed by atoms with Gasteiger partial charge in [0.05, 0.1) is 11.6 Å². The summed E-state index contributed by atoms with van der Waals surface area (Å²) in [5.41, 5.74) is 1.82. The molecule has 1 aromatic carbocycles. The summed E-state index contributed by atoms with van der Waals surface area (Å²) in [6, 6.07) is 10.7. The number of hydrogen-bond donors (Lipinski definition) is 1. The number of ketones is 1. The molecule has 1 saturated heterocycles. The number of benzene rings is 1. The Morgan fingerprint density at radius 2 is 1.64 bits per heavy atom. The number of hydrogen-bond acceptors (Lipinski definition) is 5. The average molecular weight is 469 g/mol. The van der Waals surface area contributed by atoms with Crippen LogP contribution in [0.5, 0.6) is 0 Å². The van der Waals surface area contributed by atoms with Crippen molar-refractivity contribution in [1.82, 2.24) is 9.80 Å². The molecule has 2 heterocycles. The number of nitrogens with zero attached hydrogens (tertiary/aromatic N) is 2. The van der Waals surface area contributed by atoms with Crippen molar-refractivity contribution in [2.24, 2.45) is 0 Å². The van der Waals surface area contributed by atoms with E-state index in [0.29, 0.717) is 12.1 Å². The topological polar surface area (TPSA) is 60.9 Å². The highest BCUT2D eigenvalue weighted by atomic mass is 32.1. The smallest absolute Gasteiger partial charge is 0.295 e. The van der Waals surface area contributed by atoms with Gasteiger partial charge < -0.3 is 14.9 Å². The molecule has 5 nitrogen and oxygen atoms in total. The molecular weight excluding hydrogens is 432 g/mol. The Balaban J connectivity index is 1.83. The van der Waals surface area contributed by atoms with Gasteiger partial charge in [-0.2, -0.15) is 0 Å². The largest absolute Gasteiger partial charge is 0.507 e. The predicted octanol–water partition coefficient (Wildman–Crippen LogP) is 5.77. The van der Waals surface area contributed by atoms with E-state index in [4.69, 9.17) is 0 Å². The molecule has 0 aliphatic carbocycles. The molecule has 0 saturated carbocycles. The molecular formula is C27H36N2O3S. The van der Waals surface area contributed by atoms with E-state index in [2.05, 4.69) is 18.7 Å². The van der Waals surface area contributed by atoms with Crippen LogP contribution in [0.15, 0.2) is 47.4 Å². The van der Waals surface area contributed by atoms with Gasteiger partial charge in [-0.25, -0.2) is 0 Å². The van der Waals surface area contributed by atoms with Gasteiger partial charge in [-0.3, -0.25) is 9.59 Å². The number of aryl methyl sites for hydroxylation is 1. The van der Waals surface area contributed by atoms with E-state index < -0.39 is 17.7 Å². The lowest BCUT2D eigenvalue weighted by Crippen LogP contribution is -2.34. The van der Waals surface area contributed by atoms with Crippen LogP contribution in [0.25, 0.3) is 5.76 Å². The number of thiophene rings is 1. The summed E-state index contributed by atoms with van der Waals surface area (Å²) in [7, 11) is 0. The normalized spacial score (nSPS) is 17.9. The zero-order chi connectivity index (χ0) is 23.8. The van der Waals surface area contributed by atoms with Gasteiger partial charge in [-0.05, 0) is 57.3 Å². The fourth-order valence-electron chi connectivity index (χ4n) is 4.28. The van der Waals surface area contributed by atoms with Crippen molar-refractivity contribution in [2.75, 3.05) is 26.2 Å². The Morgan fingerprint density at radius 3 is 2.21 bits per heavy atom. The summed E-state index contributed by atoms with van der Waals surface area (Å²) in [6.07, 6.45) is 5.45. The van der Waals surface area contributed by atoms with Crippen LogP contribution >= 0.6 is 11.3 Å². The van der Waals surface area contributed by atoms with Crippen molar-refractivity contribution >= 4 is 28.8 Å². The fourth-order valence-corrected chi connectivity index (χ4v) is 5.13. The van der Waals surface area contributed by atoms with E-state index in [1.165, 1.54) is 24.2 Å². The molecule has 0 spiro atoms. The van der Waals surface area contributed by atoms with E-state index in [1.807, 2.05) is 36.6 Å². The van der Waals surface area contributed by atoms with Gasteiger partial charge in [0, 0.05) is 17.0 Å². The van der Waals surface area contributed by atoms with E-state index in [9.17, 15) is 14.7 Å². The molecule has 178 valence electrons. The summed E-state index contributed by atoms with van der Waals surface area (Å²) in [6.45, 7) is 9.90. The molecule has 3 rings (SSSR count). The molecule has 1 amide bonds. The number of Topliss-reactive ketones (excluding diaryl/α,β-unsaturated/α-hetero) is 1. The SMILES string of the molecule is CCCCN(CCCC)CCCN1C(=O)C(=O)/C(=C(/O)c2ccc(C)cc2)C1c1cccs1. The van der Waals surface area contributed by atoms with Crippen LogP contribution in [0, 0.1) is 6.92 Å². The van der Waals surface area contributed by atoms with Crippen LogP contribution in [-0.4, -0.2) is 52.8 Å². The minimum absolute atomic E-state index is 0.0956. The number of amides is 1. The van der Waals surface area contributed by atoms with Crippen LogP contribution in [0.2, 0.25) is 0 Å². The van der Waals surface area contributed by atoms with Crippen molar-refractivity contribution in [3.8, 4) is 0 Å². The average Bonchev–Trinajstić information content (AvgIpc) is 3.43. The van der Waals surface area contributed by atoms with Gasteiger partial charge >= 0.3 is 0 Å². The molecule has 1 unspecified atom stereocenters. The minimum Gasteiger partial charge on any atom is -0.507 e. The van der Waals surface area contributed by atoms with Crippen LogP contribution in [0.1, 0.15) is 68.0 Å². The fraction of sp³-hybridized carbons (Fsp3) is 0.481. The highest BCUT2D eigenvalue weighted by molar-refractivity contribution is 7.10. The summed E-state index contributed by atoms with van der Waals surface area (Å²) < 4.78 is 0. The Bertz CT molecular complexity index is 942. The second-order valence-corrected chi connectivity index (χ2v) is 9.76. The molecule has 6 heteroatoms. The zero-order valence-electron chi connectivity index (χ0n) is 20.0. The maximum Gasteiger partial charge on any atom is 0.295 e. The van der Waals surface area contributed by atoms with E-state index in [-0.39, 0.29) is 11.3 Å². The number of carbonyl (C=O) groups is 2. The first-order chi connectivity index (χ1) is 16.0. The molecule has 0 radical (unpaired) electrons. The molecule has 33 heavy (non-hydrogen) atoms. The number of carbonyl (C=O) groups excluding carboxylic acids is 2. The Hall–Kier alpha value is -2.44. The van der Waals surface area contributed by atoms with Gasteiger partial charge in [0.15, 0.2) is 0 Å². The third-order valence-electron chi connectivity index (χ3n) is 6.21. The number of likely N-dealkylation sites (tertiary alicyclic amines) is 1. The molecule has 1 aliphatic heterocycles. The molecule has 2 aromatic rings. The molecule has 1 aromatic heterocycles. The molecule has 1 aliphatic rings. The van der Waals surface area contributed by atoms with E-state index in [0.717, 1.165) is 49.3 Å². The summed E-state index contributed by atoms with van der Waals surface area (Å²) in [5.74, 6) is -1.21. The lowest BCUT2D eigenvalue weighted by molar-refractivity contribution is -0.139. The van der Waals surface area contributed by atoms with E-state index >= 15 is 0 Å². The second-order valence-electron chi connectivity index (χ2n) is 8.78. The predicted molar refractivity (Wildman–Crippen MR) is 135 cm³/mol. The monoisotopic (exact) mass is 468 g/mol. The molecule has 1 N–H and O–H groups in total. The highest BCUT2D eigenvalue weighted by Gasteiger charge is 2.46. The lowest BCUT2D eigenvalue weighted by Gasteiger charge is -2.26. The highest BCUT2D eigenvalue weighted by Crippen LogP contribution is 2.41. The third-order valence-corrected chi connectivity index (χ3v) is 7.13. The van der Waals surface area contributed by atoms with Gasteiger partial charge in [-0.1, -0.05) is 62.6 Å². The van der Waals surface area contributed by atoms with Crippen LogP contribution in [0.4, 0.5) is 0 Å². The third kappa shape index (κ3) is 6.12. The minimum atomic E-state index is -0.597. The number of rotatable bonds is 12. The van der Waals surface area contributed by atoms with Crippen LogP contribution in [0.3, 0.4) is 0 Å². The van der Waals surface area contributed by atoms with Crippen LogP contribution < -0.4 is 0 Å². The van der Waals surface area contributed by atoms with Crippen molar-refractivity contribution in [2.45, 2.75) is 58.9 Å². The number of aliphatic hydroxyl groups excluding tert-OH is 1. The zero-order valence-corrected chi connectivity index (χ0v) is 20.9. The Morgan fingerprint density at radius 1 is 1.00 bits per heavy atom. The van der Waals surface area contributed by atoms with Gasteiger partial charge in [-0.15, -0.1) is 11.3 Å². The summed E-state index contributed by atoms with van der Waals surface area (Å²) in [5, 5.41) is 13.0. The standard InChI is InChI=1S/C27H36N2O3S/c1-4-6-15-28(16-7-5-2)17-9-18-29-24(22-10-8-19-33-22)23(26(31)27(29)32)25(30)21-13-11-20(3)12-14-21/h8,10-14,19,24,30H,4-7,9,15-18H2,1-3H3/b25-23+. The molecule has 0 bridgehead atoms. The summed E-state index contributed by atoms with van der Waals surface area (Å²) in [4.78, 5) is 31.1. The first-order valence-corrected chi connectivity index (χ1v) is 13.0. The van der Waals surface area contributed by atoms with Crippen molar-refractivity contribution in [1.29, 1.82) is 0 Å². The van der Waals surface area contributed by atoms with Gasteiger partial charge in [0.2, 0.25) is 0 Å². The molecule has 1 fully saturated rings.